The van der Waals surface area contributed by atoms with Crippen LogP contribution < -0.4 is 10.2 Å². The molecule has 0 amide bonds. The van der Waals surface area contributed by atoms with Crippen LogP contribution in [0.1, 0.15) is 0 Å². The SMILES string of the molecule is CNc1ccc(O)c(N(C)C)c1. The van der Waals surface area contributed by atoms with Crippen LogP contribution in [0, 0.1) is 0 Å². The number of phenols is 1. The summed E-state index contributed by atoms with van der Waals surface area (Å²) in [5.74, 6) is 0.305. The molecule has 0 bridgehead atoms. The normalized spacial score (nSPS) is 9.58. The Labute approximate surface area is 72.6 Å². The molecule has 66 valence electrons. The second-order valence-electron chi connectivity index (χ2n) is 2.85. The van der Waals surface area contributed by atoms with Gasteiger partial charge in [-0.1, -0.05) is 0 Å². The highest BCUT2D eigenvalue weighted by molar-refractivity contribution is 5.64. The first-order valence-electron chi connectivity index (χ1n) is 3.83. The molecule has 0 atom stereocenters. The zero-order valence-corrected chi connectivity index (χ0v) is 7.63. The molecule has 0 saturated carbocycles. The van der Waals surface area contributed by atoms with Crippen molar-refractivity contribution in [2.75, 3.05) is 31.4 Å². The Balaban J connectivity index is 3.08. The Bertz CT molecular complexity index is 271. The fraction of sp³-hybridized carbons (Fsp3) is 0.333. The number of anilines is 2. The van der Waals surface area contributed by atoms with E-state index in [0.717, 1.165) is 11.4 Å². The number of aromatic hydroxyl groups is 1. The Hall–Kier alpha value is -1.38. The van der Waals surface area contributed by atoms with E-state index in [2.05, 4.69) is 5.32 Å². The molecule has 0 aromatic heterocycles. The zero-order chi connectivity index (χ0) is 9.14. The molecule has 3 heteroatoms. The monoisotopic (exact) mass is 166 g/mol. The Kier molecular flexibility index (Phi) is 2.43. The van der Waals surface area contributed by atoms with E-state index in [-0.39, 0.29) is 0 Å². The first kappa shape index (κ1) is 8.71. The van der Waals surface area contributed by atoms with Crippen LogP contribution in [0.25, 0.3) is 0 Å². The molecule has 1 rings (SSSR count). The lowest BCUT2D eigenvalue weighted by Crippen LogP contribution is -2.09. The van der Waals surface area contributed by atoms with Gasteiger partial charge in [0.15, 0.2) is 0 Å². The second-order valence-corrected chi connectivity index (χ2v) is 2.85. The summed E-state index contributed by atoms with van der Waals surface area (Å²) in [4.78, 5) is 1.87. The molecule has 12 heavy (non-hydrogen) atoms. The predicted molar refractivity (Wildman–Crippen MR) is 52.0 cm³/mol. The summed E-state index contributed by atoms with van der Waals surface area (Å²) < 4.78 is 0. The van der Waals surface area contributed by atoms with E-state index >= 15 is 0 Å². The van der Waals surface area contributed by atoms with Crippen molar-refractivity contribution >= 4 is 11.4 Å². The molecule has 0 spiro atoms. The highest BCUT2D eigenvalue weighted by Gasteiger charge is 2.02. The highest BCUT2D eigenvalue weighted by atomic mass is 16.3. The topological polar surface area (TPSA) is 35.5 Å². The fourth-order valence-electron chi connectivity index (χ4n) is 1.04. The summed E-state index contributed by atoms with van der Waals surface area (Å²) in [5.41, 5.74) is 1.82. The molecule has 0 fully saturated rings. The van der Waals surface area contributed by atoms with Gasteiger partial charge in [0.05, 0.1) is 5.69 Å². The molecule has 0 saturated heterocycles. The molecule has 0 heterocycles. The zero-order valence-electron chi connectivity index (χ0n) is 7.63. The minimum atomic E-state index is 0.305. The molecular formula is C9H14N2O. The van der Waals surface area contributed by atoms with Crippen molar-refractivity contribution in [1.29, 1.82) is 0 Å². The Morgan fingerprint density at radius 1 is 1.33 bits per heavy atom. The average Bonchev–Trinajstić information content (AvgIpc) is 2.05. The lowest BCUT2D eigenvalue weighted by atomic mass is 10.2. The maximum Gasteiger partial charge on any atom is 0.139 e. The van der Waals surface area contributed by atoms with E-state index in [9.17, 15) is 5.11 Å². The van der Waals surface area contributed by atoms with Gasteiger partial charge in [0.25, 0.3) is 0 Å². The van der Waals surface area contributed by atoms with E-state index in [0.29, 0.717) is 5.75 Å². The van der Waals surface area contributed by atoms with Gasteiger partial charge >= 0.3 is 0 Å². The minimum Gasteiger partial charge on any atom is -0.506 e. The standard InChI is InChI=1S/C9H14N2O/c1-10-7-4-5-9(12)8(6-7)11(2)3/h4-6,10,12H,1-3H3. The molecule has 0 aliphatic carbocycles. The molecule has 3 nitrogen and oxygen atoms in total. The van der Waals surface area contributed by atoms with Crippen molar-refractivity contribution in [2.24, 2.45) is 0 Å². The van der Waals surface area contributed by atoms with E-state index in [1.165, 1.54) is 0 Å². The van der Waals surface area contributed by atoms with Crippen LogP contribution in [-0.2, 0) is 0 Å². The Morgan fingerprint density at radius 2 is 2.00 bits per heavy atom. The van der Waals surface area contributed by atoms with E-state index in [1.54, 1.807) is 6.07 Å². The van der Waals surface area contributed by atoms with Gasteiger partial charge in [-0.05, 0) is 18.2 Å². The second kappa shape index (κ2) is 3.34. The fourth-order valence-corrected chi connectivity index (χ4v) is 1.04. The van der Waals surface area contributed by atoms with Gasteiger partial charge in [-0.2, -0.15) is 0 Å². The molecular weight excluding hydrogens is 152 g/mol. The minimum absolute atomic E-state index is 0.305. The number of phenolic OH excluding ortho intramolecular Hbond substituents is 1. The third kappa shape index (κ3) is 1.61. The lowest BCUT2D eigenvalue weighted by molar-refractivity contribution is 0.476. The van der Waals surface area contributed by atoms with Gasteiger partial charge in [0, 0.05) is 26.8 Å². The molecule has 0 radical (unpaired) electrons. The smallest absolute Gasteiger partial charge is 0.139 e. The van der Waals surface area contributed by atoms with Gasteiger partial charge in [-0.3, -0.25) is 0 Å². The first-order chi connectivity index (χ1) is 5.65. The van der Waals surface area contributed by atoms with Crippen LogP contribution in [0.4, 0.5) is 11.4 Å². The average molecular weight is 166 g/mol. The molecule has 0 aliphatic heterocycles. The molecule has 0 unspecified atom stereocenters. The van der Waals surface area contributed by atoms with E-state index < -0.39 is 0 Å². The third-order valence-corrected chi connectivity index (χ3v) is 1.75. The number of rotatable bonds is 2. The summed E-state index contributed by atoms with van der Waals surface area (Å²) in [7, 11) is 5.65. The highest BCUT2D eigenvalue weighted by Crippen LogP contribution is 2.28. The number of benzene rings is 1. The predicted octanol–water partition coefficient (Wildman–Crippen LogP) is 1.50. The Morgan fingerprint density at radius 3 is 2.50 bits per heavy atom. The number of nitrogens with zero attached hydrogens (tertiary/aromatic N) is 1. The van der Waals surface area contributed by atoms with Crippen molar-refractivity contribution < 1.29 is 5.11 Å². The summed E-state index contributed by atoms with van der Waals surface area (Å²) in [5, 5.41) is 12.4. The van der Waals surface area contributed by atoms with Crippen molar-refractivity contribution in [3.8, 4) is 5.75 Å². The van der Waals surface area contributed by atoms with Crippen LogP contribution in [0.5, 0.6) is 5.75 Å². The number of hydrogen-bond acceptors (Lipinski definition) is 3. The van der Waals surface area contributed by atoms with Gasteiger partial charge in [-0.25, -0.2) is 0 Å². The van der Waals surface area contributed by atoms with Gasteiger partial charge in [0.1, 0.15) is 5.75 Å². The maximum atomic E-state index is 9.43. The lowest BCUT2D eigenvalue weighted by Gasteiger charge is -2.15. The largest absolute Gasteiger partial charge is 0.506 e. The van der Waals surface area contributed by atoms with E-state index in [1.807, 2.05) is 38.2 Å². The van der Waals surface area contributed by atoms with Gasteiger partial charge < -0.3 is 15.3 Å². The van der Waals surface area contributed by atoms with Crippen LogP contribution in [0.2, 0.25) is 0 Å². The molecule has 1 aromatic rings. The van der Waals surface area contributed by atoms with Crippen LogP contribution in [-0.4, -0.2) is 26.2 Å². The third-order valence-electron chi connectivity index (χ3n) is 1.75. The van der Waals surface area contributed by atoms with E-state index in [4.69, 9.17) is 0 Å². The van der Waals surface area contributed by atoms with Crippen molar-refractivity contribution in [3.05, 3.63) is 18.2 Å². The quantitative estimate of drug-likeness (QED) is 0.653. The van der Waals surface area contributed by atoms with Crippen LogP contribution >= 0.6 is 0 Å². The number of hydrogen-bond donors (Lipinski definition) is 2. The van der Waals surface area contributed by atoms with Gasteiger partial charge in [-0.15, -0.1) is 0 Å². The van der Waals surface area contributed by atoms with Crippen molar-refractivity contribution in [1.82, 2.24) is 0 Å². The van der Waals surface area contributed by atoms with Crippen molar-refractivity contribution in [3.63, 3.8) is 0 Å². The summed E-state index contributed by atoms with van der Waals surface area (Å²) in [6.45, 7) is 0. The van der Waals surface area contributed by atoms with Crippen molar-refractivity contribution in [2.45, 2.75) is 0 Å². The van der Waals surface area contributed by atoms with Crippen LogP contribution in [0.3, 0.4) is 0 Å². The van der Waals surface area contributed by atoms with Gasteiger partial charge in [0.2, 0.25) is 0 Å². The first-order valence-corrected chi connectivity index (χ1v) is 3.83. The summed E-state index contributed by atoms with van der Waals surface area (Å²) in [6.07, 6.45) is 0. The van der Waals surface area contributed by atoms with Crippen LogP contribution in [0.15, 0.2) is 18.2 Å². The maximum absolute atomic E-state index is 9.43. The molecule has 1 aromatic carbocycles. The molecule has 0 aliphatic rings. The summed E-state index contributed by atoms with van der Waals surface area (Å²) >= 11 is 0. The summed E-state index contributed by atoms with van der Waals surface area (Å²) in [6, 6.07) is 5.42. The number of nitrogens with one attached hydrogen (secondary N) is 1. The molecule has 2 N–H and O–H groups in total.